The quantitative estimate of drug-likeness (QED) is 0.315. The summed E-state index contributed by atoms with van der Waals surface area (Å²) in [6, 6.07) is 15.3. The molecule has 212 valence electrons. The third-order valence-corrected chi connectivity index (χ3v) is 9.26. The van der Waals surface area contributed by atoms with Gasteiger partial charge in [-0.15, -0.1) is 0 Å². The first-order valence-electron chi connectivity index (χ1n) is 12.3. The predicted molar refractivity (Wildman–Crippen MR) is 147 cm³/mol. The number of nitrogens with zero attached hydrogens (tertiary/aromatic N) is 2. The number of halogens is 4. The molecule has 1 N–H and O–H groups in total. The number of rotatable bonds is 9. The molecule has 3 aromatic rings. The standard InChI is InChI=1S/C27H24Cl2F2N2O6S/c28-21-5-2-6-22(29)26(21)16-13-32(14-16)17-7-9-24-23(11-17)33(15-19(38-24)8-10-25(34)35)40(36,37)20-4-1-3-18(12-20)39-27(30)31/h1-7,9,11-12,16,19,27H,8,10,13-15H2,(H,34,35)/t19-/m0/s1. The number of hydrogen-bond acceptors (Lipinski definition) is 6. The zero-order valence-corrected chi connectivity index (χ0v) is 23.2. The second-order valence-corrected chi connectivity index (χ2v) is 12.1. The highest BCUT2D eigenvalue weighted by Crippen LogP contribution is 2.44. The summed E-state index contributed by atoms with van der Waals surface area (Å²) in [7, 11) is -4.27. The van der Waals surface area contributed by atoms with Gasteiger partial charge in [0.2, 0.25) is 0 Å². The predicted octanol–water partition coefficient (Wildman–Crippen LogP) is 6.02. The molecule has 0 amide bonds. The minimum atomic E-state index is -4.27. The highest BCUT2D eigenvalue weighted by Gasteiger charge is 2.37. The van der Waals surface area contributed by atoms with Gasteiger partial charge in [0.15, 0.2) is 0 Å². The van der Waals surface area contributed by atoms with E-state index in [1.165, 1.54) is 18.2 Å². The molecule has 0 aliphatic carbocycles. The highest BCUT2D eigenvalue weighted by atomic mass is 35.5. The van der Waals surface area contributed by atoms with Gasteiger partial charge < -0.3 is 19.5 Å². The molecule has 0 spiro atoms. The normalized spacial score (nSPS) is 17.3. The van der Waals surface area contributed by atoms with Crippen molar-refractivity contribution in [3.05, 3.63) is 76.3 Å². The molecule has 1 atom stereocenters. The minimum absolute atomic E-state index is 0.0729. The third kappa shape index (κ3) is 5.77. The molecular weight excluding hydrogens is 589 g/mol. The highest BCUT2D eigenvalue weighted by molar-refractivity contribution is 7.92. The second-order valence-electron chi connectivity index (χ2n) is 9.45. The molecule has 3 aromatic carbocycles. The molecule has 0 saturated carbocycles. The van der Waals surface area contributed by atoms with Crippen LogP contribution in [0, 0.1) is 0 Å². The van der Waals surface area contributed by atoms with Gasteiger partial charge in [0, 0.05) is 47.2 Å². The lowest BCUT2D eigenvalue weighted by Crippen LogP contribution is -2.46. The van der Waals surface area contributed by atoms with Gasteiger partial charge in [-0.25, -0.2) is 8.42 Å². The largest absolute Gasteiger partial charge is 0.486 e. The Labute approximate surface area is 239 Å². The summed E-state index contributed by atoms with van der Waals surface area (Å²) in [5.41, 5.74) is 1.85. The topological polar surface area (TPSA) is 96.4 Å². The van der Waals surface area contributed by atoms with Crippen LogP contribution in [-0.4, -0.2) is 51.8 Å². The van der Waals surface area contributed by atoms with E-state index in [1.54, 1.807) is 36.4 Å². The lowest BCUT2D eigenvalue weighted by Gasteiger charge is -2.43. The van der Waals surface area contributed by atoms with Crippen LogP contribution >= 0.6 is 23.2 Å². The molecule has 2 aliphatic rings. The number of aliphatic carboxylic acids is 1. The number of carboxylic acids is 1. The fourth-order valence-electron chi connectivity index (χ4n) is 4.87. The van der Waals surface area contributed by atoms with Gasteiger partial charge in [-0.2, -0.15) is 8.78 Å². The van der Waals surface area contributed by atoms with E-state index >= 15 is 0 Å². The molecule has 2 aliphatic heterocycles. The van der Waals surface area contributed by atoms with E-state index < -0.39 is 28.7 Å². The van der Waals surface area contributed by atoms with Gasteiger partial charge in [-0.1, -0.05) is 35.3 Å². The van der Waals surface area contributed by atoms with Crippen molar-refractivity contribution in [1.82, 2.24) is 0 Å². The lowest BCUT2D eigenvalue weighted by atomic mass is 9.90. The lowest BCUT2D eigenvalue weighted by molar-refractivity contribution is -0.137. The summed E-state index contributed by atoms with van der Waals surface area (Å²) < 4.78 is 64.7. The van der Waals surface area contributed by atoms with E-state index in [0.717, 1.165) is 21.6 Å². The van der Waals surface area contributed by atoms with Gasteiger partial charge in [0.25, 0.3) is 10.0 Å². The van der Waals surface area contributed by atoms with E-state index in [0.29, 0.717) is 23.1 Å². The maximum Gasteiger partial charge on any atom is 0.387 e. The Kier molecular flexibility index (Phi) is 7.98. The third-order valence-electron chi connectivity index (χ3n) is 6.83. The van der Waals surface area contributed by atoms with Crippen LogP contribution in [0.3, 0.4) is 0 Å². The van der Waals surface area contributed by atoms with Crippen molar-refractivity contribution in [2.75, 3.05) is 28.8 Å². The molecule has 0 bridgehead atoms. The van der Waals surface area contributed by atoms with Crippen molar-refractivity contribution in [1.29, 1.82) is 0 Å². The molecule has 0 aromatic heterocycles. The van der Waals surface area contributed by atoms with Crippen LogP contribution in [0.4, 0.5) is 20.2 Å². The maximum absolute atomic E-state index is 13.8. The minimum Gasteiger partial charge on any atom is -0.486 e. The van der Waals surface area contributed by atoms with E-state index in [1.807, 2.05) is 4.90 Å². The monoisotopic (exact) mass is 612 g/mol. The molecule has 0 radical (unpaired) electrons. The Bertz CT molecular complexity index is 1510. The average molecular weight is 613 g/mol. The van der Waals surface area contributed by atoms with Crippen LogP contribution < -0.4 is 18.7 Å². The smallest absolute Gasteiger partial charge is 0.387 e. The summed E-state index contributed by atoms with van der Waals surface area (Å²) in [6.45, 7) is -2.08. The van der Waals surface area contributed by atoms with Crippen molar-refractivity contribution < 1.29 is 36.6 Å². The van der Waals surface area contributed by atoms with E-state index in [4.69, 9.17) is 33.0 Å². The Hall–Kier alpha value is -3.28. The van der Waals surface area contributed by atoms with Gasteiger partial charge in [0.05, 0.1) is 17.1 Å². The van der Waals surface area contributed by atoms with Crippen molar-refractivity contribution in [3.8, 4) is 11.5 Å². The molecule has 5 rings (SSSR count). The summed E-state index contributed by atoms with van der Waals surface area (Å²) in [5.74, 6) is -0.987. The van der Waals surface area contributed by atoms with Crippen LogP contribution in [0.5, 0.6) is 11.5 Å². The van der Waals surface area contributed by atoms with Crippen LogP contribution in [0.25, 0.3) is 0 Å². The Morgan fingerprint density at radius 1 is 1.05 bits per heavy atom. The van der Waals surface area contributed by atoms with Gasteiger partial charge in [0.1, 0.15) is 17.6 Å². The molecular formula is C27H24Cl2F2N2O6S. The van der Waals surface area contributed by atoms with Crippen LogP contribution in [0.15, 0.2) is 65.6 Å². The number of anilines is 2. The molecule has 8 nitrogen and oxygen atoms in total. The molecule has 40 heavy (non-hydrogen) atoms. The number of sulfonamides is 1. The Balaban J connectivity index is 1.46. The van der Waals surface area contributed by atoms with Crippen LogP contribution in [0.2, 0.25) is 10.0 Å². The van der Waals surface area contributed by atoms with Gasteiger partial charge in [-0.05, 0) is 54.4 Å². The van der Waals surface area contributed by atoms with Crippen LogP contribution in [0.1, 0.15) is 24.3 Å². The SMILES string of the molecule is O=C(O)CC[C@H]1CN(S(=O)(=O)c2cccc(OC(F)F)c2)c2cc(N3CC(c4c(Cl)cccc4Cl)C3)ccc2O1. The molecule has 1 saturated heterocycles. The number of ether oxygens (including phenoxy) is 2. The zero-order chi connectivity index (χ0) is 28.6. The van der Waals surface area contributed by atoms with Crippen molar-refractivity contribution in [2.24, 2.45) is 0 Å². The second kappa shape index (κ2) is 11.3. The maximum atomic E-state index is 13.8. The van der Waals surface area contributed by atoms with Crippen molar-refractivity contribution >= 4 is 50.6 Å². The average Bonchev–Trinajstić information content (AvgIpc) is 2.87. The number of hydrogen-bond donors (Lipinski definition) is 1. The number of fused-ring (bicyclic) bond motifs is 1. The summed E-state index contributed by atoms with van der Waals surface area (Å²) in [6.07, 6.45) is -0.882. The van der Waals surface area contributed by atoms with Gasteiger partial charge in [-0.3, -0.25) is 9.10 Å². The zero-order valence-electron chi connectivity index (χ0n) is 20.8. The van der Waals surface area contributed by atoms with E-state index in [-0.39, 0.29) is 47.4 Å². The number of benzene rings is 3. The molecule has 13 heteroatoms. The fraction of sp³-hybridized carbons (Fsp3) is 0.296. The van der Waals surface area contributed by atoms with E-state index in [9.17, 15) is 22.0 Å². The first-order valence-corrected chi connectivity index (χ1v) is 14.5. The number of alkyl halides is 2. The van der Waals surface area contributed by atoms with Gasteiger partial charge >= 0.3 is 12.6 Å². The summed E-state index contributed by atoms with van der Waals surface area (Å²) in [5, 5.41) is 10.3. The molecule has 0 unspecified atom stereocenters. The first-order chi connectivity index (χ1) is 19.0. The summed E-state index contributed by atoms with van der Waals surface area (Å²) >= 11 is 12.7. The first kappa shape index (κ1) is 28.3. The Morgan fingerprint density at radius 3 is 2.42 bits per heavy atom. The molecule has 1 fully saturated rings. The summed E-state index contributed by atoms with van der Waals surface area (Å²) in [4.78, 5) is 13.0. The van der Waals surface area contributed by atoms with Crippen molar-refractivity contribution in [2.45, 2.75) is 36.4 Å². The number of carbonyl (C=O) groups is 1. The Morgan fingerprint density at radius 2 is 1.75 bits per heavy atom. The van der Waals surface area contributed by atoms with E-state index in [2.05, 4.69) is 4.74 Å². The van der Waals surface area contributed by atoms with Crippen molar-refractivity contribution in [3.63, 3.8) is 0 Å². The fourth-order valence-corrected chi connectivity index (χ4v) is 7.11. The van der Waals surface area contributed by atoms with Crippen LogP contribution in [-0.2, 0) is 14.8 Å². The number of carboxylic acid groups (broad SMARTS) is 1. The molecule has 2 heterocycles.